The number of alkyl carbamates (subject to hydrolysis) is 1. The summed E-state index contributed by atoms with van der Waals surface area (Å²) in [6.07, 6.45) is 1.01. The van der Waals surface area contributed by atoms with Crippen molar-refractivity contribution in [1.82, 2.24) is 9.88 Å². The van der Waals surface area contributed by atoms with Gasteiger partial charge in [-0.15, -0.1) is 0 Å². The molecule has 0 aliphatic carbocycles. The fourth-order valence-electron chi connectivity index (χ4n) is 3.68. The number of ether oxygens (including phenoxy) is 2. The molecule has 1 atom stereocenters. The first-order chi connectivity index (χ1) is 18.0. The van der Waals surface area contributed by atoms with Crippen molar-refractivity contribution >= 4 is 23.4 Å². The van der Waals surface area contributed by atoms with E-state index in [-0.39, 0.29) is 17.7 Å². The number of nitroso groups, excluding NO2 is 1. The van der Waals surface area contributed by atoms with Crippen LogP contribution in [0.2, 0.25) is 0 Å². The number of amides is 2. The molecule has 0 spiro atoms. The van der Waals surface area contributed by atoms with Crippen LogP contribution < -0.4 is 26.1 Å². The molecular formula is C28H33N4O6+. The van der Waals surface area contributed by atoms with Crippen molar-refractivity contribution in [1.29, 1.82) is 0 Å². The van der Waals surface area contributed by atoms with Gasteiger partial charge < -0.3 is 24.7 Å². The van der Waals surface area contributed by atoms with E-state index in [2.05, 4.69) is 10.6 Å². The minimum atomic E-state index is -1.05. The summed E-state index contributed by atoms with van der Waals surface area (Å²) < 4.78 is 12.0. The number of methoxy groups -OCH3 is 1. The quantitative estimate of drug-likeness (QED) is 0.397. The molecule has 0 bridgehead atoms. The zero-order valence-electron chi connectivity index (χ0n) is 22.2. The monoisotopic (exact) mass is 521 g/mol. The van der Waals surface area contributed by atoms with Gasteiger partial charge in [0.1, 0.15) is 23.1 Å². The predicted molar refractivity (Wildman–Crippen MR) is 143 cm³/mol. The van der Waals surface area contributed by atoms with E-state index >= 15 is 0 Å². The molecule has 3 N–H and O–H groups in total. The number of nitrogens with one attached hydrogen (secondary N) is 3. The maximum absolute atomic E-state index is 13.4. The number of hydrogen-bond acceptors (Lipinski definition) is 6. The lowest BCUT2D eigenvalue weighted by molar-refractivity contribution is -0.379. The van der Waals surface area contributed by atoms with Crippen molar-refractivity contribution < 1.29 is 24.2 Å². The number of pyridine rings is 1. The standard InChI is InChI=1S/C28H32N4O6/c1-18-14-15-32(17-20-8-12-22(37-5)13-9-20)26(34)24(18)30-25(33)23(29-27(35)38-28(2,3)4)16-19-6-10-21(31-36)11-7-19/h6-15,23H,16-17H2,1-5H3,(H,29,35)(H,30,33)/p+1. The van der Waals surface area contributed by atoms with Gasteiger partial charge in [0.25, 0.3) is 11.2 Å². The molecule has 2 aromatic carbocycles. The molecule has 200 valence electrons. The molecule has 0 radical (unpaired) electrons. The summed E-state index contributed by atoms with van der Waals surface area (Å²) in [5, 5.41) is 7.11. The third kappa shape index (κ3) is 7.76. The van der Waals surface area contributed by atoms with Gasteiger partial charge in [0.05, 0.1) is 13.7 Å². The van der Waals surface area contributed by atoms with E-state index in [1.54, 1.807) is 76.5 Å². The molecule has 3 aromatic rings. The molecule has 3 rings (SSSR count). The lowest BCUT2D eigenvalue weighted by Gasteiger charge is -2.23. The third-order valence-electron chi connectivity index (χ3n) is 5.65. The molecule has 0 aliphatic rings. The molecule has 0 saturated heterocycles. The van der Waals surface area contributed by atoms with E-state index in [0.29, 0.717) is 29.1 Å². The third-order valence-corrected chi connectivity index (χ3v) is 5.65. The first-order valence-corrected chi connectivity index (χ1v) is 12.1. The minimum absolute atomic E-state index is 0.107. The zero-order valence-corrected chi connectivity index (χ0v) is 22.2. The molecule has 38 heavy (non-hydrogen) atoms. The maximum atomic E-state index is 13.4. The van der Waals surface area contributed by atoms with Crippen molar-refractivity contribution in [2.24, 2.45) is 0 Å². The van der Waals surface area contributed by atoms with Crippen LogP contribution in [0.3, 0.4) is 0 Å². The lowest BCUT2D eigenvalue weighted by atomic mass is 10.0. The van der Waals surface area contributed by atoms with Gasteiger partial charge in [-0.25, -0.2) is 4.79 Å². The second-order valence-corrected chi connectivity index (χ2v) is 9.85. The van der Waals surface area contributed by atoms with Gasteiger partial charge >= 0.3 is 6.09 Å². The van der Waals surface area contributed by atoms with Crippen LogP contribution in [0.5, 0.6) is 5.75 Å². The number of aryl methyl sites for hydroxylation is 1. The Morgan fingerprint density at radius 2 is 1.63 bits per heavy atom. The number of carbonyl (C=O) groups is 2. The van der Waals surface area contributed by atoms with E-state index in [9.17, 15) is 19.3 Å². The average molecular weight is 522 g/mol. The lowest BCUT2D eigenvalue weighted by Crippen LogP contribution is -2.55. The van der Waals surface area contributed by atoms with Gasteiger partial charge in [-0.05, 0) is 62.6 Å². The molecule has 1 unspecified atom stereocenters. The summed E-state index contributed by atoms with van der Waals surface area (Å²) in [5.41, 5.74) is 1.50. The SMILES string of the molecule is COc1ccc(Cn2ccc(C)c(NC(=O)C(Cc3ccc([NH+]=O)cc3)NC(=O)OC(C)(C)C)c2=O)cc1. The van der Waals surface area contributed by atoms with Gasteiger partial charge in [-0.3, -0.25) is 9.59 Å². The first kappa shape index (κ1) is 28.1. The topological polar surface area (TPSA) is 130 Å². The van der Waals surface area contributed by atoms with Crippen LogP contribution in [0.15, 0.2) is 65.6 Å². The smallest absolute Gasteiger partial charge is 0.408 e. The minimum Gasteiger partial charge on any atom is -0.497 e. The zero-order chi connectivity index (χ0) is 27.9. The van der Waals surface area contributed by atoms with E-state index in [1.807, 2.05) is 24.3 Å². The fourth-order valence-corrected chi connectivity index (χ4v) is 3.68. The molecule has 0 aliphatic heterocycles. The Kier molecular flexibility index (Phi) is 9.01. The number of anilines is 1. The molecule has 1 heterocycles. The van der Waals surface area contributed by atoms with Gasteiger partial charge in [0.2, 0.25) is 5.91 Å². The Hall–Kier alpha value is -4.47. The highest BCUT2D eigenvalue weighted by molar-refractivity contribution is 5.97. The normalized spacial score (nSPS) is 11.8. The first-order valence-electron chi connectivity index (χ1n) is 12.1. The largest absolute Gasteiger partial charge is 0.497 e. The second-order valence-electron chi connectivity index (χ2n) is 9.85. The summed E-state index contributed by atoms with van der Waals surface area (Å²) >= 11 is 0. The Morgan fingerprint density at radius 3 is 2.21 bits per heavy atom. The molecule has 10 heteroatoms. The molecular weight excluding hydrogens is 488 g/mol. The summed E-state index contributed by atoms with van der Waals surface area (Å²) in [5.74, 6) is 0.129. The predicted octanol–water partition coefficient (Wildman–Crippen LogP) is 2.77. The van der Waals surface area contributed by atoms with Crippen LogP contribution in [-0.4, -0.2) is 35.3 Å². The average Bonchev–Trinajstić information content (AvgIpc) is 2.87. The van der Waals surface area contributed by atoms with Gasteiger partial charge in [0, 0.05) is 34.8 Å². The highest BCUT2D eigenvalue weighted by Crippen LogP contribution is 2.15. The number of rotatable bonds is 9. The van der Waals surface area contributed by atoms with Crippen molar-refractivity contribution in [3.8, 4) is 5.75 Å². The van der Waals surface area contributed by atoms with Crippen LogP contribution in [0, 0.1) is 11.8 Å². The fraction of sp³-hybridized carbons (Fsp3) is 0.321. The summed E-state index contributed by atoms with van der Waals surface area (Å²) in [4.78, 5) is 50.0. The highest BCUT2D eigenvalue weighted by atomic mass is 16.6. The molecule has 10 nitrogen and oxygen atoms in total. The maximum Gasteiger partial charge on any atom is 0.408 e. The summed E-state index contributed by atoms with van der Waals surface area (Å²) in [6.45, 7) is 7.17. The van der Waals surface area contributed by atoms with Crippen molar-refractivity contribution in [3.05, 3.63) is 92.7 Å². The summed E-state index contributed by atoms with van der Waals surface area (Å²) in [6, 6.07) is 14.5. The number of nitrogens with zero attached hydrogens (tertiary/aromatic N) is 1. The Bertz CT molecular complexity index is 1340. The van der Waals surface area contributed by atoms with E-state index in [0.717, 1.165) is 5.56 Å². The molecule has 0 saturated carbocycles. The number of benzene rings is 2. The molecule has 2 amide bonds. The van der Waals surface area contributed by atoms with Gasteiger partial charge in [-0.1, -0.05) is 24.3 Å². The van der Waals surface area contributed by atoms with Crippen LogP contribution in [0.4, 0.5) is 16.2 Å². The van der Waals surface area contributed by atoms with Gasteiger partial charge in [0.15, 0.2) is 0 Å². The van der Waals surface area contributed by atoms with Gasteiger partial charge in [-0.2, -0.15) is 0 Å². The summed E-state index contributed by atoms with van der Waals surface area (Å²) in [7, 11) is 1.58. The number of aromatic nitrogens is 1. The molecule has 1 aromatic heterocycles. The van der Waals surface area contributed by atoms with E-state index < -0.39 is 23.6 Å². The Balaban J connectivity index is 1.85. The van der Waals surface area contributed by atoms with E-state index in [1.165, 1.54) is 4.57 Å². The number of carbonyl (C=O) groups excluding carboxylic acids is 2. The van der Waals surface area contributed by atoms with Crippen molar-refractivity contribution in [3.63, 3.8) is 0 Å². The van der Waals surface area contributed by atoms with Crippen LogP contribution in [-0.2, 0) is 22.5 Å². The second kappa shape index (κ2) is 12.2. The Morgan fingerprint density at radius 1 is 1.00 bits per heavy atom. The Labute approximate surface area is 220 Å². The number of hydrogen-bond donors (Lipinski definition) is 3. The van der Waals surface area contributed by atoms with Crippen molar-refractivity contribution in [2.45, 2.75) is 52.3 Å². The highest BCUT2D eigenvalue weighted by Gasteiger charge is 2.26. The van der Waals surface area contributed by atoms with Crippen LogP contribution in [0.25, 0.3) is 0 Å². The molecule has 0 fully saturated rings. The van der Waals surface area contributed by atoms with E-state index in [4.69, 9.17) is 9.47 Å². The van der Waals surface area contributed by atoms with Crippen LogP contribution in [0.1, 0.15) is 37.5 Å². The van der Waals surface area contributed by atoms with Crippen molar-refractivity contribution in [2.75, 3.05) is 12.4 Å². The van der Waals surface area contributed by atoms with Crippen LogP contribution >= 0.6 is 0 Å².